The maximum Gasteiger partial charge on any atom is 0.356 e. The molecule has 0 spiro atoms. The number of β-lactam (4-membered cyclic amide) rings is 1. The van der Waals surface area contributed by atoms with Crippen LogP contribution >= 0.6 is 23.5 Å². The molecule has 212 valence electrons. The molecule has 41 heavy (non-hydrogen) atoms. The Hall–Kier alpha value is -3.55. The average molecular weight is 591 g/mol. The van der Waals surface area contributed by atoms with E-state index in [1.165, 1.54) is 4.90 Å². The van der Waals surface area contributed by atoms with Gasteiger partial charge in [-0.3, -0.25) is 14.7 Å². The minimum atomic E-state index is -0.635. The van der Waals surface area contributed by atoms with Crippen molar-refractivity contribution in [2.24, 2.45) is 10.7 Å². The predicted octanol–water partition coefficient (Wildman–Crippen LogP) is 3.30. The lowest BCUT2D eigenvalue weighted by molar-refractivity contribution is -0.153. The standard InChI is InChI=1S/C29H30N6O4S2/c1-18-13-23(35-22(31-18)14-33(32-35)17-38-2)40-15-21-16-41-28-24(30)27(36)34(28)25(21)29(37)39-26(19-9-5-3-6-10-19)20-11-7-4-8-12-20/h3-14,24,26,28,32H,15-17,30H2,1-2H3/t24?,28-/m1/s1. The molecular formula is C29H30N6O4S2. The van der Waals surface area contributed by atoms with Crippen molar-refractivity contribution in [3.63, 3.8) is 0 Å². The molecule has 1 unspecified atom stereocenters. The number of methoxy groups -OCH3 is 1. The van der Waals surface area contributed by atoms with Crippen LogP contribution in [-0.4, -0.2) is 69.3 Å². The largest absolute Gasteiger partial charge is 0.448 e. The summed E-state index contributed by atoms with van der Waals surface area (Å²) >= 11 is 3.13. The normalized spacial score (nSPS) is 21.7. The first-order valence-electron chi connectivity index (χ1n) is 13.1. The molecule has 0 aliphatic carbocycles. The highest BCUT2D eigenvalue weighted by Gasteiger charge is 2.52. The molecule has 1 fully saturated rings. The topological polar surface area (TPSA) is 113 Å². The van der Waals surface area contributed by atoms with Gasteiger partial charge in [-0.05, 0) is 29.7 Å². The molecule has 4 heterocycles. The van der Waals surface area contributed by atoms with E-state index in [0.29, 0.717) is 18.2 Å². The molecule has 2 aromatic rings. The SMILES string of the molecule is COCN1C=C2N=C(C)C=C(SCC3=C(C(=O)OC(c4ccccc4)c4ccccc4)N4C(=O)C(N)[C@H]4SC3)N2N1. The lowest BCUT2D eigenvalue weighted by Crippen LogP contribution is -2.68. The van der Waals surface area contributed by atoms with Gasteiger partial charge in [0.25, 0.3) is 0 Å². The molecule has 1 saturated heterocycles. The number of nitrogens with two attached hydrogens (primary N) is 1. The third kappa shape index (κ3) is 5.41. The Kier molecular flexibility index (Phi) is 7.91. The van der Waals surface area contributed by atoms with Crippen LogP contribution in [0, 0.1) is 0 Å². The molecule has 0 saturated carbocycles. The molecule has 2 atom stereocenters. The van der Waals surface area contributed by atoms with Crippen molar-refractivity contribution in [1.82, 2.24) is 20.5 Å². The van der Waals surface area contributed by atoms with E-state index < -0.39 is 18.1 Å². The van der Waals surface area contributed by atoms with Crippen molar-refractivity contribution in [2.45, 2.75) is 24.4 Å². The molecule has 4 aliphatic rings. The van der Waals surface area contributed by atoms with Gasteiger partial charge >= 0.3 is 5.97 Å². The summed E-state index contributed by atoms with van der Waals surface area (Å²) in [5.74, 6) is 0.972. The molecule has 0 aromatic heterocycles. The Labute approximate surface area is 246 Å². The van der Waals surface area contributed by atoms with Crippen LogP contribution in [-0.2, 0) is 19.1 Å². The van der Waals surface area contributed by atoms with E-state index in [9.17, 15) is 9.59 Å². The smallest absolute Gasteiger partial charge is 0.356 e. The number of ether oxygens (including phenoxy) is 2. The van der Waals surface area contributed by atoms with E-state index in [1.54, 1.807) is 35.6 Å². The second-order valence-electron chi connectivity index (χ2n) is 9.83. The lowest BCUT2D eigenvalue weighted by Gasteiger charge is -2.48. The zero-order valence-electron chi connectivity index (χ0n) is 22.6. The number of hydrogen-bond acceptors (Lipinski definition) is 11. The molecule has 4 aliphatic heterocycles. The quantitative estimate of drug-likeness (QED) is 0.333. The van der Waals surface area contributed by atoms with Crippen LogP contribution in [0.5, 0.6) is 0 Å². The second kappa shape index (κ2) is 11.7. The maximum atomic E-state index is 14.0. The summed E-state index contributed by atoms with van der Waals surface area (Å²) in [5, 5.41) is 4.29. The van der Waals surface area contributed by atoms with Crippen molar-refractivity contribution in [3.05, 3.63) is 106 Å². The monoisotopic (exact) mass is 590 g/mol. The summed E-state index contributed by atoms with van der Waals surface area (Å²) in [5.41, 5.74) is 13.0. The highest BCUT2D eigenvalue weighted by Crippen LogP contribution is 2.42. The van der Waals surface area contributed by atoms with E-state index in [2.05, 4.69) is 10.5 Å². The van der Waals surface area contributed by atoms with Gasteiger partial charge in [0.1, 0.15) is 23.8 Å². The number of aliphatic imine (C=N–C) groups is 1. The number of benzene rings is 2. The number of nitrogens with one attached hydrogen (secondary N) is 1. The van der Waals surface area contributed by atoms with Gasteiger partial charge in [-0.25, -0.2) is 14.8 Å². The maximum absolute atomic E-state index is 14.0. The Bertz CT molecular complexity index is 1420. The molecule has 1 amide bonds. The van der Waals surface area contributed by atoms with Crippen molar-refractivity contribution < 1.29 is 19.1 Å². The Morgan fingerprint density at radius 1 is 1.17 bits per heavy atom. The number of fused-ring (bicyclic) bond motifs is 2. The molecule has 0 bridgehead atoms. The molecule has 2 aromatic carbocycles. The number of amides is 1. The number of carbonyl (C=O) groups is 2. The van der Waals surface area contributed by atoms with E-state index in [-0.39, 0.29) is 17.0 Å². The first kappa shape index (κ1) is 27.6. The number of thioether (sulfide) groups is 2. The van der Waals surface area contributed by atoms with E-state index in [1.807, 2.05) is 84.9 Å². The highest BCUT2D eigenvalue weighted by molar-refractivity contribution is 8.03. The van der Waals surface area contributed by atoms with Gasteiger partial charge in [-0.2, -0.15) is 0 Å². The van der Waals surface area contributed by atoms with Crippen molar-refractivity contribution >= 4 is 41.1 Å². The second-order valence-corrected chi connectivity index (χ2v) is 11.9. The molecule has 6 rings (SSSR count). The van der Waals surface area contributed by atoms with Gasteiger partial charge < -0.3 is 15.2 Å². The van der Waals surface area contributed by atoms with Gasteiger partial charge in [-0.1, -0.05) is 60.7 Å². The Balaban J connectivity index is 1.28. The number of hydrazine groups is 2. The summed E-state index contributed by atoms with van der Waals surface area (Å²) in [6.07, 6.45) is 3.23. The van der Waals surface area contributed by atoms with Crippen LogP contribution in [0.1, 0.15) is 24.2 Å². The number of rotatable bonds is 9. The number of carbonyl (C=O) groups excluding carboxylic acids is 2. The fraction of sp³-hybridized carbons (Fsp3) is 0.276. The van der Waals surface area contributed by atoms with E-state index in [0.717, 1.165) is 33.3 Å². The molecule has 0 radical (unpaired) electrons. The molecular weight excluding hydrogens is 560 g/mol. The van der Waals surface area contributed by atoms with Crippen molar-refractivity contribution in [1.29, 1.82) is 0 Å². The average Bonchev–Trinajstić information content (AvgIpc) is 3.41. The Morgan fingerprint density at radius 3 is 2.51 bits per heavy atom. The minimum absolute atomic E-state index is 0.269. The van der Waals surface area contributed by atoms with Crippen LogP contribution in [0.2, 0.25) is 0 Å². The van der Waals surface area contributed by atoms with Gasteiger partial charge in [0.2, 0.25) is 5.91 Å². The first-order chi connectivity index (χ1) is 19.9. The number of hydrogen-bond donors (Lipinski definition) is 2. The number of esters is 1. The fourth-order valence-corrected chi connectivity index (χ4v) is 7.50. The van der Waals surface area contributed by atoms with Crippen LogP contribution in [0.3, 0.4) is 0 Å². The van der Waals surface area contributed by atoms with Gasteiger partial charge in [0.05, 0.1) is 11.2 Å². The van der Waals surface area contributed by atoms with Crippen molar-refractivity contribution in [3.8, 4) is 0 Å². The summed E-state index contributed by atoms with van der Waals surface area (Å²) in [6, 6.07) is 18.6. The zero-order valence-corrected chi connectivity index (χ0v) is 24.2. The van der Waals surface area contributed by atoms with E-state index >= 15 is 0 Å². The Morgan fingerprint density at radius 2 is 1.85 bits per heavy atom. The van der Waals surface area contributed by atoms with Gasteiger partial charge in [0.15, 0.2) is 11.9 Å². The summed E-state index contributed by atoms with van der Waals surface area (Å²) in [6.45, 7) is 2.29. The minimum Gasteiger partial charge on any atom is -0.448 e. The number of nitrogens with zero attached hydrogens (tertiary/aromatic N) is 4. The lowest BCUT2D eigenvalue weighted by atomic mass is 10.0. The summed E-state index contributed by atoms with van der Waals surface area (Å²) in [7, 11) is 1.63. The highest BCUT2D eigenvalue weighted by atomic mass is 32.2. The molecule has 10 nitrogen and oxygen atoms in total. The van der Waals surface area contributed by atoms with Crippen molar-refractivity contribution in [2.75, 3.05) is 25.3 Å². The third-order valence-corrected chi connectivity index (χ3v) is 9.40. The fourth-order valence-electron chi connectivity index (χ4n) is 5.00. The molecule has 3 N–H and O–H groups in total. The van der Waals surface area contributed by atoms with Crippen LogP contribution in [0.4, 0.5) is 0 Å². The summed E-state index contributed by atoms with van der Waals surface area (Å²) in [4.78, 5) is 33.1. The third-order valence-electron chi connectivity index (χ3n) is 6.95. The zero-order chi connectivity index (χ0) is 28.5. The summed E-state index contributed by atoms with van der Waals surface area (Å²) < 4.78 is 11.5. The van der Waals surface area contributed by atoms with Gasteiger partial charge in [-0.15, -0.1) is 29.1 Å². The van der Waals surface area contributed by atoms with E-state index in [4.69, 9.17) is 15.2 Å². The van der Waals surface area contributed by atoms with Crippen LogP contribution in [0.15, 0.2) is 100 Å². The van der Waals surface area contributed by atoms with Crippen LogP contribution in [0.25, 0.3) is 0 Å². The number of allylic oxidation sites excluding steroid dienone is 1. The molecule has 12 heteroatoms. The predicted molar refractivity (Wildman–Crippen MR) is 159 cm³/mol. The van der Waals surface area contributed by atoms with Crippen LogP contribution < -0.4 is 11.3 Å². The van der Waals surface area contributed by atoms with Gasteiger partial charge in [0, 0.05) is 24.3 Å². The first-order valence-corrected chi connectivity index (χ1v) is 15.1.